The van der Waals surface area contributed by atoms with Gasteiger partial charge in [-0.05, 0) is 49.4 Å². The number of hydrogen-bond acceptors (Lipinski definition) is 4. The Morgan fingerprint density at radius 2 is 1.74 bits per heavy atom. The molecule has 0 heterocycles. The minimum absolute atomic E-state index is 0.00526. The summed E-state index contributed by atoms with van der Waals surface area (Å²) in [7, 11) is 1.53. The smallest absolute Gasteiger partial charge is 0.243 e. The Labute approximate surface area is 139 Å². The van der Waals surface area contributed by atoms with Gasteiger partial charge in [0.05, 0.1) is 18.7 Å². The van der Waals surface area contributed by atoms with Gasteiger partial charge in [0.25, 0.3) is 0 Å². The number of methoxy groups -OCH3 is 1. The molecule has 0 aliphatic carbocycles. The lowest BCUT2D eigenvalue weighted by molar-refractivity contribution is -0.114. The van der Waals surface area contributed by atoms with Crippen molar-refractivity contribution in [3.63, 3.8) is 0 Å². The van der Waals surface area contributed by atoms with Crippen molar-refractivity contribution in [2.75, 3.05) is 24.3 Å². The van der Waals surface area contributed by atoms with Crippen LogP contribution in [0.2, 0.25) is 5.02 Å². The van der Waals surface area contributed by atoms with Crippen molar-refractivity contribution in [2.45, 2.75) is 6.92 Å². The third kappa shape index (κ3) is 4.72. The van der Waals surface area contributed by atoms with Crippen LogP contribution in [0.5, 0.6) is 5.75 Å². The third-order valence-corrected chi connectivity index (χ3v) is 3.48. The maximum Gasteiger partial charge on any atom is 0.243 e. The first-order valence-electron chi connectivity index (χ1n) is 6.98. The molecule has 5 nitrogen and oxygen atoms in total. The van der Waals surface area contributed by atoms with Crippen LogP contribution >= 0.6 is 11.6 Å². The van der Waals surface area contributed by atoms with E-state index in [-0.39, 0.29) is 18.2 Å². The fraction of sp³-hybridized carbons (Fsp3) is 0.176. The zero-order valence-corrected chi connectivity index (χ0v) is 13.6. The van der Waals surface area contributed by atoms with Crippen molar-refractivity contribution >= 4 is 34.7 Å². The van der Waals surface area contributed by atoms with Gasteiger partial charge in [-0.1, -0.05) is 11.6 Å². The summed E-state index contributed by atoms with van der Waals surface area (Å²) in [6.45, 7) is 1.61. The van der Waals surface area contributed by atoms with Crippen molar-refractivity contribution in [2.24, 2.45) is 0 Å². The Kier molecular flexibility index (Phi) is 5.60. The summed E-state index contributed by atoms with van der Waals surface area (Å²) < 4.78 is 5.06. The molecule has 0 fully saturated rings. The molecule has 6 heteroatoms. The highest BCUT2D eigenvalue weighted by molar-refractivity contribution is 6.32. The molecular formula is C17H17ClN2O3. The molecule has 0 bridgehead atoms. The van der Waals surface area contributed by atoms with E-state index in [4.69, 9.17) is 16.3 Å². The number of Topliss-reactive ketones (excluding diaryl/α,β-unsaturated/α-hetero) is 1. The second-order valence-corrected chi connectivity index (χ2v) is 5.29. The third-order valence-electron chi connectivity index (χ3n) is 3.18. The normalized spacial score (nSPS) is 10.0. The van der Waals surface area contributed by atoms with Crippen LogP contribution in [-0.2, 0) is 4.79 Å². The van der Waals surface area contributed by atoms with Gasteiger partial charge in [0.15, 0.2) is 5.78 Å². The minimum atomic E-state index is -0.207. The molecule has 2 aromatic carbocycles. The molecule has 0 atom stereocenters. The van der Waals surface area contributed by atoms with Gasteiger partial charge in [-0.2, -0.15) is 0 Å². The number of halogens is 1. The number of ether oxygens (including phenoxy) is 1. The van der Waals surface area contributed by atoms with Crippen LogP contribution in [0, 0.1) is 0 Å². The van der Waals surface area contributed by atoms with Gasteiger partial charge in [-0.25, -0.2) is 0 Å². The number of benzene rings is 2. The Morgan fingerprint density at radius 3 is 2.30 bits per heavy atom. The molecule has 1 amide bonds. The molecule has 0 spiro atoms. The predicted molar refractivity (Wildman–Crippen MR) is 91.6 cm³/mol. The molecule has 0 aromatic heterocycles. The average molecular weight is 333 g/mol. The fourth-order valence-corrected chi connectivity index (χ4v) is 2.21. The van der Waals surface area contributed by atoms with Crippen LogP contribution in [0.4, 0.5) is 11.4 Å². The van der Waals surface area contributed by atoms with Gasteiger partial charge < -0.3 is 15.4 Å². The van der Waals surface area contributed by atoms with Crippen molar-refractivity contribution in [3.05, 3.63) is 53.1 Å². The number of hydrogen-bond donors (Lipinski definition) is 2. The summed E-state index contributed by atoms with van der Waals surface area (Å²) in [5.41, 5.74) is 1.99. The lowest BCUT2D eigenvalue weighted by atomic mass is 10.1. The largest absolute Gasteiger partial charge is 0.495 e. The van der Waals surface area contributed by atoms with Gasteiger partial charge in [-0.15, -0.1) is 0 Å². The molecule has 2 N–H and O–H groups in total. The number of carbonyl (C=O) groups excluding carboxylic acids is 2. The van der Waals surface area contributed by atoms with Crippen LogP contribution < -0.4 is 15.4 Å². The molecule has 0 unspecified atom stereocenters. The van der Waals surface area contributed by atoms with Gasteiger partial charge >= 0.3 is 0 Å². The molecule has 0 aliphatic rings. The lowest BCUT2D eigenvalue weighted by Crippen LogP contribution is -2.21. The monoisotopic (exact) mass is 332 g/mol. The van der Waals surface area contributed by atoms with Crippen molar-refractivity contribution < 1.29 is 14.3 Å². The molecule has 0 aliphatic heterocycles. The molecule has 0 radical (unpaired) electrons. The van der Waals surface area contributed by atoms with E-state index >= 15 is 0 Å². The Bertz CT molecular complexity index is 714. The highest BCUT2D eigenvalue weighted by Crippen LogP contribution is 2.27. The number of carbonyl (C=O) groups is 2. The molecular weight excluding hydrogens is 316 g/mol. The van der Waals surface area contributed by atoms with E-state index in [1.807, 2.05) is 0 Å². The van der Waals surface area contributed by atoms with E-state index < -0.39 is 0 Å². The summed E-state index contributed by atoms with van der Waals surface area (Å²) in [4.78, 5) is 23.1. The van der Waals surface area contributed by atoms with Gasteiger partial charge in [0.2, 0.25) is 5.91 Å². The van der Waals surface area contributed by atoms with Crippen LogP contribution in [-0.4, -0.2) is 25.3 Å². The van der Waals surface area contributed by atoms with Gasteiger partial charge in [0, 0.05) is 16.9 Å². The van der Waals surface area contributed by atoms with Crippen molar-refractivity contribution in [1.82, 2.24) is 0 Å². The Hall–Kier alpha value is -2.53. The molecule has 0 saturated heterocycles. The Balaban J connectivity index is 1.89. The first kappa shape index (κ1) is 16.8. The first-order chi connectivity index (χ1) is 11.0. The van der Waals surface area contributed by atoms with Gasteiger partial charge in [-0.3, -0.25) is 9.59 Å². The summed E-state index contributed by atoms with van der Waals surface area (Å²) in [6.07, 6.45) is 0. The quantitative estimate of drug-likeness (QED) is 0.793. The number of anilines is 2. The van der Waals surface area contributed by atoms with E-state index in [2.05, 4.69) is 10.6 Å². The van der Waals surface area contributed by atoms with Crippen LogP contribution in [0.3, 0.4) is 0 Å². The number of amides is 1. The molecule has 2 aromatic rings. The number of ketones is 1. The zero-order chi connectivity index (χ0) is 16.8. The molecule has 23 heavy (non-hydrogen) atoms. The summed E-state index contributed by atoms with van der Waals surface area (Å²) >= 11 is 6.01. The maximum absolute atomic E-state index is 11.9. The SMILES string of the molecule is COc1ccc(NC(=O)CNc2ccc(C(C)=O)cc2)cc1Cl. The fourth-order valence-electron chi connectivity index (χ4n) is 1.95. The Morgan fingerprint density at radius 1 is 1.09 bits per heavy atom. The van der Waals surface area contributed by atoms with E-state index in [0.717, 1.165) is 5.69 Å². The van der Waals surface area contributed by atoms with E-state index in [0.29, 0.717) is 22.0 Å². The first-order valence-corrected chi connectivity index (χ1v) is 7.35. The standard InChI is InChI=1S/C17H17ClN2O3/c1-11(21)12-3-5-13(6-4-12)19-10-17(22)20-14-7-8-16(23-2)15(18)9-14/h3-9,19H,10H2,1-2H3,(H,20,22). The summed E-state index contributed by atoms with van der Waals surface area (Å²) in [6, 6.07) is 12.0. The van der Waals surface area contributed by atoms with Crippen LogP contribution in [0.25, 0.3) is 0 Å². The van der Waals surface area contributed by atoms with E-state index in [1.54, 1.807) is 42.5 Å². The number of nitrogens with one attached hydrogen (secondary N) is 2. The summed E-state index contributed by atoms with van der Waals surface area (Å²) in [5, 5.41) is 6.15. The van der Waals surface area contributed by atoms with Crippen molar-refractivity contribution in [1.29, 1.82) is 0 Å². The lowest BCUT2D eigenvalue weighted by Gasteiger charge is -2.09. The zero-order valence-electron chi connectivity index (χ0n) is 12.9. The second-order valence-electron chi connectivity index (χ2n) is 4.88. The average Bonchev–Trinajstić information content (AvgIpc) is 2.53. The summed E-state index contributed by atoms with van der Waals surface area (Å²) in [5.74, 6) is 0.348. The number of rotatable bonds is 6. The van der Waals surface area contributed by atoms with Crippen LogP contribution in [0.15, 0.2) is 42.5 Å². The highest BCUT2D eigenvalue weighted by Gasteiger charge is 2.06. The maximum atomic E-state index is 11.9. The predicted octanol–water partition coefficient (Wildman–Crippen LogP) is 3.60. The minimum Gasteiger partial charge on any atom is -0.495 e. The molecule has 0 saturated carbocycles. The highest BCUT2D eigenvalue weighted by atomic mass is 35.5. The topological polar surface area (TPSA) is 67.4 Å². The van der Waals surface area contributed by atoms with E-state index in [1.165, 1.54) is 14.0 Å². The molecule has 120 valence electrons. The van der Waals surface area contributed by atoms with Gasteiger partial charge in [0.1, 0.15) is 5.75 Å². The van der Waals surface area contributed by atoms with E-state index in [9.17, 15) is 9.59 Å². The molecule has 2 rings (SSSR count). The van der Waals surface area contributed by atoms with Crippen molar-refractivity contribution in [3.8, 4) is 5.75 Å². The second kappa shape index (κ2) is 7.65. The van der Waals surface area contributed by atoms with Crippen LogP contribution in [0.1, 0.15) is 17.3 Å².